The zero-order valence-corrected chi connectivity index (χ0v) is 12.5. The maximum atomic E-state index is 10.9. The van der Waals surface area contributed by atoms with Gasteiger partial charge >= 0.3 is 0 Å². The smallest absolute Gasteiger partial charge is 0.237 e. The van der Waals surface area contributed by atoms with Gasteiger partial charge in [-0.15, -0.1) is 0 Å². The summed E-state index contributed by atoms with van der Waals surface area (Å²) in [6.45, 7) is 0. The third kappa shape index (κ3) is 3.95. The summed E-state index contributed by atoms with van der Waals surface area (Å²) in [5, 5.41) is 0. The zero-order chi connectivity index (χ0) is 15.9. The molecule has 0 N–H and O–H groups in total. The van der Waals surface area contributed by atoms with Crippen LogP contribution in [0.3, 0.4) is 0 Å². The first-order valence-corrected chi connectivity index (χ1v) is 7.33. The SMILES string of the molecule is O=[C]c1ccccc1Oc1ccc(C=Cc2ccccc2)cc1. The molecular formula is C21H15O2. The predicted octanol–water partition coefficient (Wildman–Crippen LogP) is 5.11. The molecule has 0 aliphatic heterocycles. The zero-order valence-electron chi connectivity index (χ0n) is 12.5. The molecule has 3 aromatic rings. The molecule has 0 heterocycles. The molecule has 0 aliphatic carbocycles. The highest BCUT2D eigenvalue weighted by atomic mass is 16.5. The highest BCUT2D eigenvalue weighted by Crippen LogP contribution is 2.24. The summed E-state index contributed by atoms with van der Waals surface area (Å²) in [5.74, 6) is 1.19. The topological polar surface area (TPSA) is 26.3 Å². The van der Waals surface area contributed by atoms with Gasteiger partial charge in [-0.25, -0.2) is 0 Å². The Morgan fingerprint density at radius 3 is 2.00 bits per heavy atom. The molecule has 2 nitrogen and oxygen atoms in total. The summed E-state index contributed by atoms with van der Waals surface area (Å²) < 4.78 is 5.73. The summed E-state index contributed by atoms with van der Waals surface area (Å²) in [6.07, 6.45) is 5.99. The van der Waals surface area contributed by atoms with Crippen molar-refractivity contribution < 1.29 is 9.53 Å². The van der Waals surface area contributed by atoms with Crippen molar-refractivity contribution in [1.82, 2.24) is 0 Å². The van der Waals surface area contributed by atoms with Crippen LogP contribution < -0.4 is 4.74 Å². The first-order chi connectivity index (χ1) is 11.3. The van der Waals surface area contributed by atoms with Gasteiger partial charge in [0.15, 0.2) is 0 Å². The minimum Gasteiger partial charge on any atom is -0.457 e. The second kappa shape index (κ2) is 7.23. The van der Waals surface area contributed by atoms with Crippen molar-refractivity contribution in [3.63, 3.8) is 0 Å². The molecule has 0 bridgehead atoms. The highest BCUT2D eigenvalue weighted by Gasteiger charge is 2.03. The number of para-hydroxylation sites is 1. The van der Waals surface area contributed by atoms with Crippen molar-refractivity contribution in [1.29, 1.82) is 0 Å². The van der Waals surface area contributed by atoms with Crippen LogP contribution in [0.25, 0.3) is 12.2 Å². The van der Waals surface area contributed by atoms with Gasteiger partial charge in [0.05, 0.1) is 5.56 Å². The Morgan fingerprint density at radius 1 is 0.696 bits per heavy atom. The van der Waals surface area contributed by atoms with E-state index in [-0.39, 0.29) is 0 Å². The molecule has 3 aromatic carbocycles. The molecule has 111 valence electrons. The Bertz CT molecular complexity index is 803. The fraction of sp³-hybridized carbons (Fsp3) is 0. The van der Waals surface area contributed by atoms with Crippen molar-refractivity contribution in [3.8, 4) is 11.5 Å². The summed E-state index contributed by atoms with van der Waals surface area (Å²) in [7, 11) is 0. The third-order valence-corrected chi connectivity index (χ3v) is 3.37. The maximum absolute atomic E-state index is 10.9. The number of hydrogen-bond donors (Lipinski definition) is 0. The van der Waals surface area contributed by atoms with Crippen LogP contribution in [-0.4, -0.2) is 6.29 Å². The Kier molecular flexibility index (Phi) is 4.65. The van der Waals surface area contributed by atoms with Crippen LogP contribution in [0.15, 0.2) is 78.9 Å². The monoisotopic (exact) mass is 299 g/mol. The molecule has 1 radical (unpaired) electrons. The van der Waals surface area contributed by atoms with E-state index >= 15 is 0 Å². The number of ether oxygens (including phenoxy) is 1. The molecule has 2 heteroatoms. The van der Waals surface area contributed by atoms with Crippen LogP contribution in [0.1, 0.15) is 16.7 Å². The van der Waals surface area contributed by atoms with Gasteiger partial charge in [0.25, 0.3) is 0 Å². The van der Waals surface area contributed by atoms with E-state index in [9.17, 15) is 4.79 Å². The lowest BCUT2D eigenvalue weighted by molar-refractivity contribution is 0.479. The van der Waals surface area contributed by atoms with E-state index in [0.29, 0.717) is 17.1 Å². The van der Waals surface area contributed by atoms with E-state index in [0.717, 1.165) is 11.1 Å². The molecule has 0 atom stereocenters. The van der Waals surface area contributed by atoms with Crippen molar-refractivity contribution in [2.75, 3.05) is 0 Å². The van der Waals surface area contributed by atoms with Gasteiger partial charge in [-0.3, -0.25) is 4.79 Å². The van der Waals surface area contributed by atoms with Crippen molar-refractivity contribution in [2.24, 2.45) is 0 Å². The fourth-order valence-corrected chi connectivity index (χ4v) is 2.17. The van der Waals surface area contributed by atoms with E-state index in [4.69, 9.17) is 4.74 Å². The number of rotatable bonds is 5. The fourth-order valence-electron chi connectivity index (χ4n) is 2.17. The highest BCUT2D eigenvalue weighted by molar-refractivity contribution is 5.79. The van der Waals surface area contributed by atoms with Crippen LogP contribution in [0.4, 0.5) is 0 Å². The van der Waals surface area contributed by atoms with Crippen molar-refractivity contribution in [2.45, 2.75) is 0 Å². The molecule has 0 unspecified atom stereocenters. The summed E-state index contributed by atoms with van der Waals surface area (Å²) >= 11 is 0. The Morgan fingerprint density at radius 2 is 1.30 bits per heavy atom. The number of hydrogen-bond acceptors (Lipinski definition) is 2. The summed E-state index contributed by atoms with van der Waals surface area (Å²) in [5.41, 5.74) is 2.65. The normalized spacial score (nSPS) is 10.6. The number of benzene rings is 3. The predicted molar refractivity (Wildman–Crippen MR) is 93.1 cm³/mol. The molecule has 0 fully saturated rings. The van der Waals surface area contributed by atoms with E-state index in [2.05, 4.69) is 18.2 Å². The number of carbonyl (C=O) groups excluding carboxylic acids is 1. The maximum Gasteiger partial charge on any atom is 0.237 e. The van der Waals surface area contributed by atoms with Gasteiger partial charge < -0.3 is 4.74 Å². The first-order valence-electron chi connectivity index (χ1n) is 7.33. The lowest BCUT2D eigenvalue weighted by Gasteiger charge is -2.07. The van der Waals surface area contributed by atoms with Crippen LogP contribution in [-0.2, 0) is 4.79 Å². The Hall–Kier alpha value is -3.13. The van der Waals surface area contributed by atoms with Gasteiger partial charge in [-0.2, -0.15) is 0 Å². The van der Waals surface area contributed by atoms with Crippen LogP contribution in [0, 0.1) is 0 Å². The average Bonchev–Trinajstić information content (AvgIpc) is 2.62. The molecule has 0 spiro atoms. The summed E-state index contributed by atoms with van der Waals surface area (Å²) in [6, 6.07) is 24.9. The summed E-state index contributed by atoms with van der Waals surface area (Å²) in [4.78, 5) is 10.9. The Balaban J connectivity index is 1.72. The lowest BCUT2D eigenvalue weighted by atomic mass is 10.1. The van der Waals surface area contributed by atoms with Crippen molar-refractivity contribution >= 4 is 18.4 Å². The Labute approximate surface area is 135 Å². The lowest BCUT2D eigenvalue weighted by Crippen LogP contribution is -1.90. The third-order valence-electron chi connectivity index (χ3n) is 3.37. The molecule has 0 saturated heterocycles. The standard InChI is InChI=1S/C21H15O2/c22-16-19-8-4-5-9-21(19)23-20-14-12-18(13-15-20)11-10-17-6-2-1-3-7-17/h1-15H. The molecule has 3 rings (SSSR count). The minimum atomic E-state index is 0.417. The largest absolute Gasteiger partial charge is 0.457 e. The van der Waals surface area contributed by atoms with Crippen LogP contribution in [0.5, 0.6) is 11.5 Å². The van der Waals surface area contributed by atoms with Gasteiger partial charge in [0.2, 0.25) is 6.29 Å². The van der Waals surface area contributed by atoms with Gasteiger partial charge in [0, 0.05) is 0 Å². The average molecular weight is 299 g/mol. The van der Waals surface area contributed by atoms with E-state index < -0.39 is 0 Å². The molecule has 0 aliphatic rings. The van der Waals surface area contributed by atoms with Gasteiger partial charge in [-0.05, 0) is 35.4 Å². The second-order valence-electron chi connectivity index (χ2n) is 5.01. The van der Waals surface area contributed by atoms with E-state index in [1.54, 1.807) is 18.2 Å². The second-order valence-corrected chi connectivity index (χ2v) is 5.01. The minimum absolute atomic E-state index is 0.417. The van der Waals surface area contributed by atoms with Crippen LogP contribution in [0.2, 0.25) is 0 Å². The quantitative estimate of drug-likeness (QED) is 0.612. The van der Waals surface area contributed by atoms with E-state index in [1.807, 2.05) is 60.9 Å². The molecular weight excluding hydrogens is 284 g/mol. The first kappa shape index (κ1) is 14.8. The van der Waals surface area contributed by atoms with Gasteiger partial charge in [0.1, 0.15) is 11.5 Å². The molecule has 0 saturated carbocycles. The molecule has 0 amide bonds. The molecule has 23 heavy (non-hydrogen) atoms. The van der Waals surface area contributed by atoms with E-state index in [1.165, 1.54) is 0 Å². The van der Waals surface area contributed by atoms with Crippen LogP contribution >= 0.6 is 0 Å². The molecule has 0 aromatic heterocycles. The van der Waals surface area contributed by atoms with Gasteiger partial charge in [-0.1, -0.05) is 66.7 Å². The van der Waals surface area contributed by atoms with Crippen molar-refractivity contribution in [3.05, 3.63) is 95.6 Å².